The minimum atomic E-state index is -5.00. The lowest BCUT2D eigenvalue weighted by atomic mass is 9.77. The highest BCUT2D eigenvalue weighted by atomic mass is 31.2. The molecule has 0 spiro atoms. The van der Waals surface area contributed by atoms with Crippen molar-refractivity contribution in [2.75, 3.05) is 45.8 Å². The molecule has 0 saturated carbocycles. The number of carbonyl (C=O) groups is 2. The Morgan fingerprint density at radius 3 is 2.01 bits per heavy atom. The van der Waals surface area contributed by atoms with Gasteiger partial charge in [0.1, 0.15) is 23.0 Å². The molecule has 3 aromatic carbocycles. The van der Waals surface area contributed by atoms with Crippen LogP contribution < -0.4 is 14.8 Å². The number of benzene rings is 3. The average molecular weight is 953 g/mol. The number of phosphoric acid groups is 1. The van der Waals surface area contributed by atoms with Crippen molar-refractivity contribution in [1.82, 2.24) is 19.5 Å². The van der Waals surface area contributed by atoms with Gasteiger partial charge >= 0.3 is 20.1 Å². The summed E-state index contributed by atoms with van der Waals surface area (Å²) in [4.78, 5) is 40.8. The van der Waals surface area contributed by atoms with Crippen LogP contribution in [-0.4, -0.2) is 107 Å². The number of phosphoric ester groups is 1. The van der Waals surface area contributed by atoms with E-state index in [0.717, 1.165) is 16.7 Å². The second kappa shape index (κ2) is 22.3. The largest absolute Gasteiger partial charge is 0.510 e. The van der Waals surface area contributed by atoms with E-state index in [1.807, 2.05) is 84.9 Å². The fourth-order valence-electron chi connectivity index (χ4n) is 6.98. The second-order valence-electron chi connectivity index (χ2n) is 15.1. The van der Waals surface area contributed by atoms with E-state index < -0.39 is 88.7 Å². The minimum Gasteiger partial charge on any atom is -0.497 e. The van der Waals surface area contributed by atoms with Gasteiger partial charge in [-0.2, -0.15) is 9.97 Å². The summed E-state index contributed by atoms with van der Waals surface area (Å²) in [6.07, 6.45) is -8.63. The van der Waals surface area contributed by atoms with Gasteiger partial charge in [0.25, 0.3) is 0 Å². The van der Waals surface area contributed by atoms with E-state index in [1.54, 1.807) is 41.7 Å². The quantitative estimate of drug-likeness (QED) is 0.0126. The van der Waals surface area contributed by atoms with Crippen molar-refractivity contribution in [2.45, 2.75) is 76.5 Å². The van der Waals surface area contributed by atoms with Crippen LogP contribution in [0.4, 0.5) is 19.9 Å². The molecule has 0 unspecified atom stereocenters. The van der Waals surface area contributed by atoms with Gasteiger partial charge in [-0.3, -0.25) is 9.09 Å². The molecule has 0 amide bonds. The number of imidazole rings is 1. The zero-order valence-electron chi connectivity index (χ0n) is 37.3. The Bertz CT molecular complexity index is 2460. The third-order valence-electron chi connectivity index (χ3n) is 9.96. The fourth-order valence-corrected chi connectivity index (χ4v) is 7.95. The first-order valence-electron chi connectivity index (χ1n) is 20.8. The third kappa shape index (κ3) is 11.7. The topological polar surface area (TPSA) is 268 Å². The highest BCUT2D eigenvalue weighted by Crippen LogP contribution is 2.52. The molecule has 6 rings (SSSR count). The number of carbonyl (C=O) groups excluding carboxylic acids is 2. The molecule has 0 radical (unpaired) electrons. The second-order valence-corrected chi connectivity index (χ2v) is 16.8. The lowest BCUT2D eigenvalue weighted by Crippen LogP contribution is -2.48. The molecule has 1 fully saturated rings. The highest BCUT2D eigenvalue weighted by molar-refractivity contribution is 7.48. The molecule has 3 heterocycles. The van der Waals surface area contributed by atoms with Crippen molar-refractivity contribution in [1.29, 1.82) is 0 Å². The molecule has 1 saturated heterocycles. The Hall–Kier alpha value is -6.58. The average Bonchev–Trinajstić information content (AvgIpc) is 3.84. The lowest BCUT2D eigenvalue weighted by Gasteiger charge is -2.37. The van der Waals surface area contributed by atoms with Gasteiger partial charge in [-0.25, -0.2) is 32.6 Å². The Morgan fingerprint density at radius 1 is 0.925 bits per heavy atom. The first-order chi connectivity index (χ1) is 32.2. The number of fused-ring (bicyclic) bond motifs is 1. The van der Waals surface area contributed by atoms with Crippen molar-refractivity contribution in [3.05, 3.63) is 118 Å². The zero-order chi connectivity index (χ0) is 48.2. The maximum atomic E-state index is 16.8. The van der Waals surface area contributed by atoms with Gasteiger partial charge in [0.15, 0.2) is 23.6 Å². The van der Waals surface area contributed by atoms with Crippen LogP contribution >= 0.6 is 7.82 Å². The first kappa shape index (κ1) is 49.8. The molecule has 0 aliphatic carbocycles. The molecule has 67 heavy (non-hydrogen) atoms. The van der Waals surface area contributed by atoms with Crippen LogP contribution in [0, 0.1) is 0 Å². The number of hydrogen-bond acceptors (Lipinski definition) is 19. The van der Waals surface area contributed by atoms with Crippen LogP contribution in [0.3, 0.4) is 0 Å². The summed E-state index contributed by atoms with van der Waals surface area (Å²) in [6.45, 7) is 4.09. The van der Waals surface area contributed by atoms with Crippen LogP contribution in [0.2, 0.25) is 0 Å². The Labute approximate surface area is 383 Å². The third-order valence-corrected chi connectivity index (χ3v) is 11.2. The van der Waals surface area contributed by atoms with E-state index in [4.69, 9.17) is 56.7 Å². The number of anilines is 1. The van der Waals surface area contributed by atoms with E-state index in [9.17, 15) is 24.8 Å². The summed E-state index contributed by atoms with van der Waals surface area (Å²) in [5, 5.41) is 18.7. The summed E-state index contributed by atoms with van der Waals surface area (Å²) in [6, 6.07) is 26.6. The summed E-state index contributed by atoms with van der Waals surface area (Å²) in [7, 11) is -3.43. The van der Waals surface area contributed by atoms with Crippen molar-refractivity contribution in [2.24, 2.45) is 5.11 Å². The molecular weight excluding hydrogens is 902 g/mol. The molecule has 2 aromatic heterocycles. The van der Waals surface area contributed by atoms with Gasteiger partial charge < -0.3 is 43.6 Å². The van der Waals surface area contributed by atoms with Crippen LogP contribution in [-0.2, 0) is 47.4 Å². The first-order valence-corrected chi connectivity index (χ1v) is 22.3. The number of rotatable bonds is 22. The molecule has 0 bridgehead atoms. The number of alkyl halides is 1. The lowest BCUT2D eigenvalue weighted by molar-refractivity contribution is -0.124. The Balaban J connectivity index is 1.38. The summed E-state index contributed by atoms with van der Waals surface area (Å²) >= 11 is 0. The Morgan fingerprint density at radius 2 is 1.49 bits per heavy atom. The van der Waals surface area contributed by atoms with Crippen LogP contribution in [0.1, 0.15) is 57.5 Å². The maximum absolute atomic E-state index is 16.8. The fraction of sp³-hybridized carbons (Fsp3) is 0.419. The van der Waals surface area contributed by atoms with Crippen LogP contribution in [0.15, 0.2) is 96.4 Å². The number of hydrogen-bond donors (Lipinski definition) is 2. The van der Waals surface area contributed by atoms with Crippen molar-refractivity contribution < 1.29 is 70.4 Å². The molecule has 24 heteroatoms. The number of azide groups is 1. The van der Waals surface area contributed by atoms with E-state index in [0.29, 0.717) is 5.75 Å². The molecular formula is C43H50FN8O14P. The molecule has 22 nitrogen and oxygen atoms in total. The van der Waals surface area contributed by atoms with E-state index in [1.165, 1.54) is 10.9 Å². The molecule has 1 aliphatic rings. The predicted molar refractivity (Wildman–Crippen MR) is 235 cm³/mol. The van der Waals surface area contributed by atoms with E-state index in [-0.39, 0.29) is 29.6 Å². The summed E-state index contributed by atoms with van der Waals surface area (Å²) in [5.41, 5.74) is 8.31. The van der Waals surface area contributed by atoms with Gasteiger partial charge in [0.2, 0.25) is 25.4 Å². The number of nitrogens with one attached hydrogen (secondary N) is 1. The monoisotopic (exact) mass is 952 g/mol. The minimum absolute atomic E-state index is 0.00748. The highest BCUT2D eigenvalue weighted by Gasteiger charge is 2.57. The summed E-state index contributed by atoms with van der Waals surface area (Å²) in [5.74, 6) is 0.650. The SMILES string of the molecule is CCOc1nc(NC(c2ccccc2)(c2ccccc2)c2ccc(OC)cc2)nc2c1ncn2[C@@H]1O[C@](CN=[N+]=[N-])(COP(=O)(OCOC(=O)OC(C)C)OCOC(=O)OC(C)C)[C@@H](O)[C@H]1F. The number of methoxy groups -OCH3 is 1. The molecule has 4 atom stereocenters. The molecule has 1 aliphatic heterocycles. The molecule has 2 N–H and O–H groups in total. The van der Waals surface area contributed by atoms with Crippen molar-refractivity contribution in [3.63, 3.8) is 0 Å². The molecule has 358 valence electrons. The number of halogens is 1. The van der Waals surface area contributed by atoms with Crippen LogP contribution in [0.5, 0.6) is 11.6 Å². The number of aromatic nitrogens is 4. The summed E-state index contributed by atoms with van der Waals surface area (Å²) < 4.78 is 84.6. The predicted octanol–water partition coefficient (Wildman–Crippen LogP) is 8.11. The number of nitrogens with zero attached hydrogens (tertiary/aromatic N) is 7. The van der Waals surface area contributed by atoms with Crippen molar-refractivity contribution in [3.8, 4) is 11.6 Å². The van der Waals surface area contributed by atoms with E-state index >= 15 is 4.39 Å². The zero-order valence-corrected chi connectivity index (χ0v) is 38.2. The van der Waals surface area contributed by atoms with Crippen LogP contribution in [0.25, 0.3) is 21.6 Å². The van der Waals surface area contributed by atoms with Gasteiger partial charge in [0, 0.05) is 4.91 Å². The number of ether oxygens (including phenoxy) is 7. The van der Waals surface area contributed by atoms with Gasteiger partial charge in [-0.05, 0) is 69.0 Å². The van der Waals surface area contributed by atoms with Gasteiger partial charge in [-0.15, -0.1) is 0 Å². The number of aliphatic hydroxyl groups is 1. The molecule has 5 aromatic rings. The maximum Gasteiger partial charge on any atom is 0.510 e. The van der Waals surface area contributed by atoms with Crippen molar-refractivity contribution >= 4 is 37.2 Å². The normalized spacial score (nSPS) is 18.3. The Kier molecular flexibility index (Phi) is 16.6. The van der Waals surface area contributed by atoms with Gasteiger partial charge in [-0.1, -0.05) is 77.9 Å². The standard InChI is InChI=1S/C43H50FN8O14P/c1-7-58-37-34-36(48-39(49-37)50-43(29-14-10-8-11-15-29,30-16-12-9-13-17-30)31-18-20-32(57-6)21-19-31)52(24-46-34)38-33(44)35(53)42(66-38,22-47-51-45)23-61-67(56,62-25-59-40(54)64-27(2)3)63-26-60-41(55)65-28(4)5/h8-21,24,27-28,33,35,38,53H,7,22-23,25-26H2,1-6H3,(H,48,49,50)/t33-,35+,38-,42-/m1/s1. The van der Waals surface area contributed by atoms with E-state index in [2.05, 4.69) is 20.3 Å². The number of aliphatic hydroxyl groups excluding tert-OH is 1. The van der Waals surface area contributed by atoms with Gasteiger partial charge in [0.05, 0.1) is 45.4 Å². The smallest absolute Gasteiger partial charge is 0.497 e.